The van der Waals surface area contributed by atoms with Crippen LogP contribution in [0, 0.1) is 20.8 Å². The number of hydrogen-bond acceptors (Lipinski definition) is 2. The second kappa shape index (κ2) is 12.0. The number of hydrogen-bond donors (Lipinski definition) is 1. The van der Waals surface area contributed by atoms with Crippen LogP contribution < -0.4 is 3.80 Å². The van der Waals surface area contributed by atoms with Gasteiger partial charge in [-0.15, -0.1) is 24.8 Å². The van der Waals surface area contributed by atoms with Gasteiger partial charge in [0.2, 0.25) is 0 Å². The summed E-state index contributed by atoms with van der Waals surface area (Å²) < 4.78 is 4.95. The number of halogens is 2. The Morgan fingerprint density at radius 2 is 1.66 bits per heavy atom. The topological polar surface area (TPSA) is 15.3 Å². The summed E-state index contributed by atoms with van der Waals surface area (Å²) in [6.45, 7) is 7.62. The maximum atomic E-state index is 3.80. The molecule has 0 spiro atoms. The Hall–Kier alpha value is -1.03. The standard InChI is InChI=1S/C15H18N.C9H12N.2ClH.Ti/c1-12-6-4-5-7-15(12)14-9-8-13(10-14)11-16(2)3;1-6-4-7(2)9(10)8(3)5-6;;;/h4-8,10H,1,9,11H2,2-3H3;4-5,10H,1-3H3;2*1H;/q;-1;;;+1. The first-order chi connectivity index (χ1) is 12.9. The summed E-state index contributed by atoms with van der Waals surface area (Å²) in [5.74, 6) is 0. The average Bonchev–Trinajstić information content (AvgIpc) is 3.05. The molecule has 5 heteroatoms. The first-order valence-electron chi connectivity index (χ1n) is 9.63. The van der Waals surface area contributed by atoms with Gasteiger partial charge in [-0.2, -0.15) is 0 Å². The molecule has 0 unspecified atom stereocenters. The molecule has 2 nitrogen and oxygen atoms in total. The van der Waals surface area contributed by atoms with Crippen molar-refractivity contribution < 1.29 is 19.4 Å². The summed E-state index contributed by atoms with van der Waals surface area (Å²) in [7, 11) is 4.26. The summed E-state index contributed by atoms with van der Waals surface area (Å²) in [5, 5.41) is 0. The molecule has 0 aromatic heterocycles. The number of allylic oxidation sites excluding steroid dienone is 2. The Labute approximate surface area is 197 Å². The number of benzene rings is 2. The van der Waals surface area contributed by atoms with Crippen molar-refractivity contribution in [2.45, 2.75) is 31.9 Å². The van der Waals surface area contributed by atoms with Crippen LogP contribution in [0.4, 0.5) is 5.69 Å². The Morgan fingerprint density at radius 3 is 2.31 bits per heavy atom. The molecule has 1 aliphatic rings. The van der Waals surface area contributed by atoms with Crippen LogP contribution in [-0.4, -0.2) is 25.5 Å². The zero-order valence-electron chi connectivity index (χ0n) is 18.0. The van der Waals surface area contributed by atoms with E-state index < -0.39 is 0 Å². The van der Waals surface area contributed by atoms with Crippen LogP contribution in [-0.2, 0) is 24.1 Å². The largest absolute Gasteiger partial charge is 0.147 e. The van der Waals surface area contributed by atoms with Gasteiger partial charge in [0.05, 0.1) is 0 Å². The molecule has 0 fully saturated rings. The third-order valence-corrected chi connectivity index (χ3v) is 6.51. The average molecular weight is 467 g/mol. The smallest absolute Gasteiger partial charge is 0.147 e. The Morgan fingerprint density at radius 1 is 1.00 bits per heavy atom. The van der Waals surface area contributed by atoms with Crippen molar-refractivity contribution in [1.82, 2.24) is 4.90 Å². The van der Waals surface area contributed by atoms with Gasteiger partial charge >= 0.3 is 174 Å². The summed E-state index contributed by atoms with van der Waals surface area (Å²) >= 11 is -0.285. The molecular formula is C24H32Cl2N2Ti. The SMILES string of the molecule is Cc1cc(C)c([NH][Ti][CH2]c2ccccc2C2=CC(CN(C)C)=CC2)c(C)c1.Cl.Cl. The zero-order valence-corrected chi connectivity index (χ0v) is 21.2. The van der Waals surface area contributed by atoms with Crippen molar-refractivity contribution in [2.75, 3.05) is 24.4 Å². The summed E-state index contributed by atoms with van der Waals surface area (Å²) in [6, 6.07) is 13.5. The van der Waals surface area contributed by atoms with Crippen molar-refractivity contribution in [3.63, 3.8) is 0 Å². The number of nitrogens with one attached hydrogen (secondary N) is 1. The van der Waals surface area contributed by atoms with E-state index in [0.29, 0.717) is 0 Å². The van der Waals surface area contributed by atoms with E-state index in [0.717, 1.165) is 17.7 Å². The second-order valence-corrected chi connectivity index (χ2v) is 9.29. The molecule has 1 aliphatic carbocycles. The molecule has 29 heavy (non-hydrogen) atoms. The van der Waals surface area contributed by atoms with Crippen molar-refractivity contribution in [3.05, 3.63) is 81.9 Å². The van der Waals surface area contributed by atoms with Crippen LogP contribution in [0.25, 0.3) is 5.57 Å². The monoisotopic (exact) mass is 466 g/mol. The maximum Gasteiger partial charge on any atom is -0.147 e. The molecule has 0 heterocycles. The Balaban J connectivity index is 0.00000210. The van der Waals surface area contributed by atoms with Gasteiger partial charge in [0.1, 0.15) is 0 Å². The van der Waals surface area contributed by atoms with Crippen LogP contribution in [0.5, 0.6) is 0 Å². The van der Waals surface area contributed by atoms with Gasteiger partial charge in [0.25, 0.3) is 0 Å². The second-order valence-electron chi connectivity index (χ2n) is 7.80. The van der Waals surface area contributed by atoms with Gasteiger partial charge < -0.3 is 0 Å². The van der Waals surface area contributed by atoms with E-state index in [4.69, 9.17) is 0 Å². The predicted octanol–water partition coefficient (Wildman–Crippen LogP) is 6.34. The van der Waals surface area contributed by atoms with Crippen LogP contribution in [0.3, 0.4) is 0 Å². The van der Waals surface area contributed by atoms with E-state index in [2.05, 4.69) is 92.1 Å². The van der Waals surface area contributed by atoms with Crippen molar-refractivity contribution in [3.8, 4) is 0 Å². The molecule has 0 saturated carbocycles. The van der Waals surface area contributed by atoms with Crippen molar-refractivity contribution >= 4 is 36.1 Å². The van der Waals surface area contributed by atoms with Crippen molar-refractivity contribution in [1.29, 1.82) is 0 Å². The molecule has 2 aromatic rings. The maximum absolute atomic E-state index is 3.80. The normalized spacial score (nSPS) is 12.6. The van der Waals surface area contributed by atoms with Crippen LogP contribution >= 0.6 is 24.8 Å². The number of aryl methyl sites for hydroxylation is 3. The van der Waals surface area contributed by atoms with Crippen LogP contribution in [0.1, 0.15) is 34.2 Å². The van der Waals surface area contributed by atoms with Crippen LogP contribution in [0.15, 0.2) is 54.1 Å². The predicted molar refractivity (Wildman–Crippen MR) is 128 cm³/mol. The van der Waals surface area contributed by atoms with E-state index in [1.54, 1.807) is 0 Å². The first-order valence-corrected chi connectivity index (χ1v) is 11.5. The quantitative estimate of drug-likeness (QED) is 0.478. The zero-order chi connectivity index (χ0) is 19.4. The third kappa shape index (κ3) is 7.01. The number of likely N-dealkylation sites (N-methyl/N-ethyl adjacent to an activating group) is 1. The van der Waals surface area contributed by atoms with Crippen molar-refractivity contribution in [2.24, 2.45) is 0 Å². The fourth-order valence-corrected chi connectivity index (χ4v) is 5.65. The van der Waals surface area contributed by atoms with Crippen LogP contribution in [0.2, 0.25) is 0 Å². The molecular weight excluding hydrogens is 435 g/mol. The number of rotatable bonds is 7. The minimum Gasteiger partial charge on any atom is -0.147 e. The molecule has 3 rings (SSSR count). The van der Waals surface area contributed by atoms with Gasteiger partial charge in [-0.3, -0.25) is 0 Å². The fourth-order valence-electron chi connectivity index (χ4n) is 3.84. The van der Waals surface area contributed by atoms with E-state index in [1.165, 1.54) is 44.7 Å². The summed E-state index contributed by atoms with van der Waals surface area (Å²) in [4.78, 5) is 2.24. The van der Waals surface area contributed by atoms with Gasteiger partial charge in [-0.1, -0.05) is 0 Å². The molecule has 0 radical (unpaired) electrons. The Bertz CT molecular complexity index is 865. The number of anilines is 1. The molecule has 1 N–H and O–H groups in total. The first kappa shape index (κ1) is 26.0. The Kier molecular flexibility index (Phi) is 10.7. The van der Waals surface area contributed by atoms with E-state index in [-0.39, 0.29) is 44.2 Å². The van der Waals surface area contributed by atoms with Gasteiger partial charge in [0.15, 0.2) is 0 Å². The summed E-state index contributed by atoms with van der Waals surface area (Å²) in [5.41, 5.74) is 11.2. The molecule has 0 amide bonds. The summed E-state index contributed by atoms with van der Waals surface area (Å²) in [6.07, 6.45) is 5.82. The minimum atomic E-state index is -0.285. The third-order valence-electron chi connectivity index (χ3n) is 4.98. The van der Waals surface area contributed by atoms with Gasteiger partial charge in [0, 0.05) is 0 Å². The molecule has 0 aliphatic heterocycles. The molecule has 0 saturated heterocycles. The minimum absolute atomic E-state index is 0. The van der Waals surface area contributed by atoms with E-state index >= 15 is 0 Å². The van der Waals surface area contributed by atoms with Gasteiger partial charge in [-0.05, 0) is 0 Å². The number of nitrogens with zero attached hydrogens (tertiary/aromatic N) is 1. The molecule has 0 atom stereocenters. The molecule has 2 aromatic carbocycles. The molecule has 156 valence electrons. The van der Waals surface area contributed by atoms with E-state index in [9.17, 15) is 0 Å². The fraction of sp³-hybridized carbons (Fsp3) is 0.333. The molecule has 0 bridgehead atoms. The van der Waals surface area contributed by atoms with Gasteiger partial charge in [-0.25, -0.2) is 0 Å². The van der Waals surface area contributed by atoms with E-state index in [1.807, 2.05) is 0 Å².